The van der Waals surface area contributed by atoms with E-state index in [1.54, 1.807) is 0 Å². The third-order valence-electron chi connectivity index (χ3n) is 2.94. The molecule has 0 fully saturated rings. The van der Waals surface area contributed by atoms with Crippen LogP contribution in [-0.2, 0) is 13.6 Å². The number of nitrogens with zero attached hydrogens (tertiary/aromatic N) is 3. The molecule has 1 atom stereocenters. The molecule has 1 heterocycles. The highest BCUT2D eigenvalue weighted by Gasteiger charge is 2.13. The van der Waals surface area contributed by atoms with Crippen molar-refractivity contribution in [1.29, 1.82) is 0 Å². The first-order valence-electron chi connectivity index (χ1n) is 6.67. The lowest BCUT2D eigenvalue weighted by atomic mass is 10.1. The summed E-state index contributed by atoms with van der Waals surface area (Å²) < 4.78 is 2.08. The predicted molar refractivity (Wildman–Crippen MR) is 76.5 cm³/mol. The molecule has 1 unspecified atom stereocenters. The van der Waals surface area contributed by atoms with Crippen LogP contribution in [0.5, 0.6) is 0 Å². The first-order valence-corrected chi connectivity index (χ1v) is 6.67. The minimum absolute atomic E-state index is 0.201. The van der Waals surface area contributed by atoms with Crippen molar-refractivity contribution >= 4 is 0 Å². The van der Waals surface area contributed by atoms with Crippen LogP contribution in [-0.4, -0.2) is 40.1 Å². The summed E-state index contributed by atoms with van der Waals surface area (Å²) in [4.78, 5) is 6.68. The smallest absolute Gasteiger partial charge is 0.122 e. The van der Waals surface area contributed by atoms with Gasteiger partial charge in [0, 0.05) is 31.5 Å². The SMILES string of the molecule is CC(CNC(C)(C)C)CN(C)Cc1nccn1C. The number of nitrogens with one attached hydrogen (secondary N) is 1. The van der Waals surface area contributed by atoms with Crippen LogP contribution in [0.2, 0.25) is 0 Å². The minimum atomic E-state index is 0.201. The lowest BCUT2D eigenvalue weighted by Crippen LogP contribution is -2.41. The van der Waals surface area contributed by atoms with Gasteiger partial charge >= 0.3 is 0 Å². The van der Waals surface area contributed by atoms with Crippen molar-refractivity contribution in [2.24, 2.45) is 13.0 Å². The van der Waals surface area contributed by atoms with E-state index in [2.05, 4.69) is 54.5 Å². The van der Waals surface area contributed by atoms with Crippen LogP contribution in [0.4, 0.5) is 0 Å². The number of aryl methyl sites for hydroxylation is 1. The van der Waals surface area contributed by atoms with Crippen LogP contribution >= 0.6 is 0 Å². The van der Waals surface area contributed by atoms with Crippen molar-refractivity contribution in [3.05, 3.63) is 18.2 Å². The molecule has 0 aliphatic carbocycles. The van der Waals surface area contributed by atoms with Crippen molar-refractivity contribution in [2.45, 2.75) is 39.8 Å². The van der Waals surface area contributed by atoms with Crippen LogP contribution in [0.25, 0.3) is 0 Å². The summed E-state index contributed by atoms with van der Waals surface area (Å²) in [6.07, 6.45) is 3.85. The Balaban J connectivity index is 2.31. The summed E-state index contributed by atoms with van der Waals surface area (Å²) in [5, 5.41) is 3.55. The minimum Gasteiger partial charge on any atom is -0.337 e. The van der Waals surface area contributed by atoms with E-state index in [-0.39, 0.29) is 5.54 Å². The molecule has 0 bridgehead atoms. The molecule has 1 aromatic heterocycles. The van der Waals surface area contributed by atoms with Gasteiger partial charge in [-0.05, 0) is 40.3 Å². The molecule has 0 aliphatic rings. The highest BCUT2D eigenvalue weighted by atomic mass is 15.2. The van der Waals surface area contributed by atoms with E-state index in [4.69, 9.17) is 0 Å². The van der Waals surface area contributed by atoms with Crippen LogP contribution in [0.15, 0.2) is 12.4 Å². The van der Waals surface area contributed by atoms with Crippen LogP contribution in [0.1, 0.15) is 33.5 Å². The fourth-order valence-electron chi connectivity index (χ4n) is 1.93. The Bertz CT molecular complexity index is 351. The van der Waals surface area contributed by atoms with E-state index >= 15 is 0 Å². The van der Waals surface area contributed by atoms with Gasteiger partial charge in [-0.15, -0.1) is 0 Å². The molecule has 4 heteroatoms. The first-order chi connectivity index (χ1) is 8.28. The van der Waals surface area contributed by atoms with Gasteiger partial charge in [0.2, 0.25) is 0 Å². The standard InChI is InChI=1S/C14H28N4/c1-12(9-16-14(2,3)4)10-17(5)11-13-15-7-8-18(13)6/h7-8,12,16H,9-11H2,1-6H3. The van der Waals surface area contributed by atoms with Crippen LogP contribution in [0, 0.1) is 5.92 Å². The Morgan fingerprint density at radius 3 is 2.61 bits per heavy atom. The van der Waals surface area contributed by atoms with Gasteiger partial charge in [0.15, 0.2) is 0 Å². The maximum atomic E-state index is 4.35. The normalized spacial score (nSPS) is 14.2. The molecule has 0 aliphatic heterocycles. The predicted octanol–water partition coefficient (Wildman–Crippen LogP) is 1.88. The largest absolute Gasteiger partial charge is 0.337 e. The van der Waals surface area contributed by atoms with E-state index in [9.17, 15) is 0 Å². The fourth-order valence-corrected chi connectivity index (χ4v) is 1.93. The van der Waals surface area contributed by atoms with E-state index in [0.717, 1.165) is 25.5 Å². The van der Waals surface area contributed by atoms with E-state index < -0.39 is 0 Å². The molecule has 0 saturated carbocycles. The maximum Gasteiger partial charge on any atom is 0.122 e. The van der Waals surface area contributed by atoms with Crippen molar-refractivity contribution in [1.82, 2.24) is 19.8 Å². The molecule has 0 aromatic carbocycles. The van der Waals surface area contributed by atoms with E-state index in [0.29, 0.717) is 5.92 Å². The Morgan fingerprint density at radius 1 is 1.44 bits per heavy atom. The summed E-state index contributed by atoms with van der Waals surface area (Å²) >= 11 is 0. The molecule has 0 spiro atoms. The molecule has 1 N–H and O–H groups in total. The topological polar surface area (TPSA) is 33.1 Å². The van der Waals surface area contributed by atoms with Crippen molar-refractivity contribution < 1.29 is 0 Å². The van der Waals surface area contributed by atoms with Crippen LogP contribution in [0.3, 0.4) is 0 Å². The quantitative estimate of drug-likeness (QED) is 0.839. The van der Waals surface area contributed by atoms with Crippen molar-refractivity contribution in [3.8, 4) is 0 Å². The molecule has 104 valence electrons. The van der Waals surface area contributed by atoms with Crippen molar-refractivity contribution in [3.63, 3.8) is 0 Å². The number of imidazole rings is 1. The zero-order valence-corrected chi connectivity index (χ0v) is 12.7. The molecule has 1 rings (SSSR count). The molecule has 0 saturated heterocycles. The second-order valence-electron chi connectivity index (χ2n) is 6.39. The van der Waals surface area contributed by atoms with Gasteiger partial charge < -0.3 is 9.88 Å². The maximum absolute atomic E-state index is 4.35. The average molecular weight is 252 g/mol. The second kappa shape index (κ2) is 6.34. The molecule has 18 heavy (non-hydrogen) atoms. The van der Waals surface area contributed by atoms with Crippen LogP contribution < -0.4 is 5.32 Å². The van der Waals surface area contributed by atoms with Crippen molar-refractivity contribution in [2.75, 3.05) is 20.1 Å². The molecular weight excluding hydrogens is 224 g/mol. The lowest BCUT2D eigenvalue weighted by Gasteiger charge is -2.26. The Hall–Kier alpha value is -0.870. The first kappa shape index (κ1) is 15.2. The third-order valence-corrected chi connectivity index (χ3v) is 2.94. The van der Waals surface area contributed by atoms with Gasteiger partial charge in [-0.3, -0.25) is 4.90 Å². The third kappa shape index (κ3) is 5.65. The molecule has 0 amide bonds. The molecule has 1 aromatic rings. The monoisotopic (exact) mass is 252 g/mol. The average Bonchev–Trinajstić information content (AvgIpc) is 2.60. The van der Waals surface area contributed by atoms with Gasteiger partial charge in [0.05, 0.1) is 6.54 Å². The molecule has 4 nitrogen and oxygen atoms in total. The highest BCUT2D eigenvalue weighted by Crippen LogP contribution is 2.05. The summed E-state index contributed by atoms with van der Waals surface area (Å²) in [6, 6.07) is 0. The number of rotatable bonds is 6. The Labute approximate surface area is 111 Å². The fraction of sp³-hybridized carbons (Fsp3) is 0.786. The summed E-state index contributed by atoms with van der Waals surface area (Å²) in [5.74, 6) is 1.75. The Kier molecular flexibility index (Phi) is 5.35. The summed E-state index contributed by atoms with van der Waals surface area (Å²) in [7, 11) is 4.20. The number of hydrogen-bond donors (Lipinski definition) is 1. The van der Waals surface area contributed by atoms with E-state index in [1.807, 2.05) is 19.4 Å². The van der Waals surface area contributed by atoms with Gasteiger partial charge in [-0.1, -0.05) is 6.92 Å². The Morgan fingerprint density at radius 2 is 2.11 bits per heavy atom. The zero-order chi connectivity index (χ0) is 13.8. The summed E-state index contributed by atoms with van der Waals surface area (Å²) in [5.41, 5.74) is 0.201. The zero-order valence-electron chi connectivity index (χ0n) is 12.7. The molecular formula is C14H28N4. The highest BCUT2D eigenvalue weighted by molar-refractivity contribution is 4.90. The second-order valence-corrected chi connectivity index (χ2v) is 6.39. The number of hydrogen-bond acceptors (Lipinski definition) is 3. The lowest BCUT2D eigenvalue weighted by molar-refractivity contribution is 0.255. The number of aromatic nitrogens is 2. The van der Waals surface area contributed by atoms with Gasteiger partial charge in [-0.2, -0.15) is 0 Å². The van der Waals surface area contributed by atoms with E-state index in [1.165, 1.54) is 0 Å². The summed E-state index contributed by atoms with van der Waals surface area (Å²) in [6.45, 7) is 11.9. The van der Waals surface area contributed by atoms with Gasteiger partial charge in [-0.25, -0.2) is 4.98 Å². The van der Waals surface area contributed by atoms with Gasteiger partial charge in [0.25, 0.3) is 0 Å². The van der Waals surface area contributed by atoms with Gasteiger partial charge in [0.1, 0.15) is 5.82 Å². The molecule has 0 radical (unpaired) electrons.